The second-order valence-corrected chi connectivity index (χ2v) is 10.1. The number of nitrogens with zero attached hydrogens (tertiary/aromatic N) is 6. The van der Waals surface area contributed by atoms with Crippen molar-refractivity contribution in [2.75, 3.05) is 11.9 Å². The Labute approximate surface area is 233 Å². The number of aromatic carboxylic acids is 1. The third-order valence-corrected chi connectivity index (χ3v) is 7.57. The first kappa shape index (κ1) is 26.5. The maximum atomic E-state index is 14.0. The lowest BCUT2D eigenvalue weighted by molar-refractivity contribution is 0.0651. The normalized spacial score (nSPS) is 14.7. The van der Waals surface area contributed by atoms with E-state index in [0.29, 0.717) is 39.3 Å². The van der Waals surface area contributed by atoms with Crippen LogP contribution < -0.4 is 10.5 Å². The van der Waals surface area contributed by atoms with Crippen molar-refractivity contribution >= 4 is 46.8 Å². The Bertz CT molecular complexity index is 1660. The molecule has 0 aliphatic carbocycles. The standard InChI is InChI=1S/C27H24Cl2N6O4/c1-15-12-19-22(14-34(15)24(36)17-6-9-20(28)21(29)13-17)31-27(32(2)23-10-11-30-33(23)3)35(25(19)37)18-7-4-16(5-8-18)26(38)39/h4-11,13,15H,12,14H2,1-3H3,(H,38,39)/t15-/m1/s1. The van der Waals surface area contributed by atoms with Gasteiger partial charge < -0.3 is 10.0 Å². The predicted molar refractivity (Wildman–Crippen MR) is 148 cm³/mol. The number of halogens is 2. The van der Waals surface area contributed by atoms with Crippen molar-refractivity contribution in [2.24, 2.45) is 7.05 Å². The number of amides is 1. The van der Waals surface area contributed by atoms with Gasteiger partial charge >= 0.3 is 5.97 Å². The number of anilines is 2. The minimum absolute atomic E-state index is 0.101. The molecule has 39 heavy (non-hydrogen) atoms. The summed E-state index contributed by atoms with van der Waals surface area (Å²) in [7, 11) is 3.53. The van der Waals surface area contributed by atoms with Crippen LogP contribution in [-0.2, 0) is 20.0 Å². The molecule has 0 saturated heterocycles. The van der Waals surface area contributed by atoms with Crippen molar-refractivity contribution in [3.63, 3.8) is 0 Å². The smallest absolute Gasteiger partial charge is 0.335 e. The number of hydrogen-bond donors (Lipinski definition) is 1. The zero-order valence-corrected chi connectivity index (χ0v) is 22.8. The van der Waals surface area contributed by atoms with E-state index in [-0.39, 0.29) is 41.1 Å². The molecule has 5 rings (SSSR count). The maximum Gasteiger partial charge on any atom is 0.335 e. The first-order valence-corrected chi connectivity index (χ1v) is 12.8. The fraction of sp³-hybridized carbons (Fsp3) is 0.222. The summed E-state index contributed by atoms with van der Waals surface area (Å²) in [5.74, 6) is -0.346. The molecule has 200 valence electrons. The average molecular weight is 567 g/mol. The van der Waals surface area contributed by atoms with Crippen LogP contribution in [0.5, 0.6) is 0 Å². The van der Waals surface area contributed by atoms with E-state index in [4.69, 9.17) is 28.2 Å². The summed E-state index contributed by atoms with van der Waals surface area (Å²) in [6.07, 6.45) is 1.92. The number of fused-ring (bicyclic) bond motifs is 1. The van der Waals surface area contributed by atoms with Gasteiger partial charge in [-0.3, -0.25) is 19.2 Å². The van der Waals surface area contributed by atoms with Crippen LogP contribution in [0.25, 0.3) is 5.69 Å². The van der Waals surface area contributed by atoms with Crippen molar-refractivity contribution in [3.05, 3.63) is 97.5 Å². The number of rotatable bonds is 5. The third kappa shape index (κ3) is 4.77. The molecule has 0 bridgehead atoms. The van der Waals surface area contributed by atoms with E-state index >= 15 is 0 Å². The highest BCUT2D eigenvalue weighted by molar-refractivity contribution is 6.42. The first-order valence-electron chi connectivity index (χ1n) is 12.0. The summed E-state index contributed by atoms with van der Waals surface area (Å²) >= 11 is 12.2. The van der Waals surface area contributed by atoms with Crippen molar-refractivity contribution < 1.29 is 14.7 Å². The first-order chi connectivity index (χ1) is 18.6. The van der Waals surface area contributed by atoms with Crippen molar-refractivity contribution in [1.29, 1.82) is 0 Å². The van der Waals surface area contributed by atoms with Gasteiger partial charge in [-0.25, -0.2) is 14.3 Å². The van der Waals surface area contributed by atoms with Crippen LogP contribution in [0.2, 0.25) is 10.0 Å². The van der Waals surface area contributed by atoms with Crippen LogP contribution in [0.1, 0.15) is 38.9 Å². The van der Waals surface area contributed by atoms with Gasteiger partial charge in [0.2, 0.25) is 5.95 Å². The molecule has 3 heterocycles. The van der Waals surface area contributed by atoms with Crippen LogP contribution >= 0.6 is 23.2 Å². The Kier molecular flexibility index (Phi) is 6.92. The topological polar surface area (TPSA) is 114 Å². The molecule has 1 aliphatic rings. The number of carboxylic acids is 1. The molecule has 1 aliphatic heterocycles. The fourth-order valence-corrected chi connectivity index (χ4v) is 5.02. The molecule has 4 aromatic rings. The minimum Gasteiger partial charge on any atom is -0.478 e. The van der Waals surface area contributed by atoms with Gasteiger partial charge in [0.05, 0.1) is 39.7 Å². The Morgan fingerprint density at radius 1 is 1.05 bits per heavy atom. The molecular weight excluding hydrogens is 543 g/mol. The van der Waals surface area contributed by atoms with E-state index in [9.17, 15) is 19.5 Å². The summed E-state index contributed by atoms with van der Waals surface area (Å²) < 4.78 is 3.10. The monoisotopic (exact) mass is 566 g/mol. The summed E-state index contributed by atoms with van der Waals surface area (Å²) in [6, 6.07) is 12.2. The van der Waals surface area contributed by atoms with Gasteiger partial charge in [0.15, 0.2) is 0 Å². The highest BCUT2D eigenvalue weighted by atomic mass is 35.5. The van der Waals surface area contributed by atoms with Crippen LogP contribution in [0.15, 0.2) is 59.5 Å². The van der Waals surface area contributed by atoms with Crippen LogP contribution in [0.4, 0.5) is 11.8 Å². The van der Waals surface area contributed by atoms with Crippen LogP contribution in [-0.4, -0.2) is 54.3 Å². The Balaban J connectivity index is 1.63. The van der Waals surface area contributed by atoms with Gasteiger partial charge in [-0.2, -0.15) is 5.10 Å². The SMILES string of the molecule is C[C@@H]1Cc2c(nc(N(C)c3ccnn3C)n(-c3ccc(C(=O)O)cc3)c2=O)CN1C(=O)c1ccc(Cl)c(Cl)c1. The molecule has 0 spiro atoms. The largest absolute Gasteiger partial charge is 0.478 e. The second kappa shape index (κ2) is 10.2. The number of carboxylic acid groups (broad SMARTS) is 1. The van der Waals surface area contributed by atoms with E-state index in [1.807, 2.05) is 6.92 Å². The molecule has 10 nitrogen and oxygen atoms in total. The summed E-state index contributed by atoms with van der Waals surface area (Å²) in [4.78, 5) is 47.1. The number of benzene rings is 2. The molecular formula is C27H24Cl2N6O4. The molecule has 1 atom stereocenters. The molecule has 0 saturated carbocycles. The molecule has 0 fully saturated rings. The number of aromatic nitrogens is 4. The quantitative estimate of drug-likeness (QED) is 0.382. The molecule has 1 amide bonds. The van der Waals surface area contributed by atoms with Crippen molar-refractivity contribution in [3.8, 4) is 5.69 Å². The van der Waals surface area contributed by atoms with Gasteiger partial charge in [0, 0.05) is 37.3 Å². The average Bonchev–Trinajstić information content (AvgIpc) is 3.35. The number of aryl methyl sites for hydroxylation is 1. The summed E-state index contributed by atoms with van der Waals surface area (Å²) in [5, 5.41) is 14.2. The Hall–Kier alpha value is -4.15. The third-order valence-electron chi connectivity index (χ3n) is 6.83. The highest BCUT2D eigenvalue weighted by Gasteiger charge is 2.33. The summed E-state index contributed by atoms with van der Waals surface area (Å²) in [5.41, 5.74) is 1.63. The zero-order valence-electron chi connectivity index (χ0n) is 21.3. The second-order valence-electron chi connectivity index (χ2n) is 9.32. The van der Waals surface area contributed by atoms with Crippen LogP contribution in [0, 0.1) is 0 Å². The lowest BCUT2D eigenvalue weighted by Gasteiger charge is -2.35. The molecule has 12 heteroatoms. The van der Waals surface area contributed by atoms with Crippen molar-refractivity contribution in [2.45, 2.75) is 25.9 Å². The van der Waals surface area contributed by atoms with E-state index in [0.717, 1.165) is 0 Å². The van der Waals surface area contributed by atoms with Gasteiger partial charge in [-0.15, -0.1) is 0 Å². The van der Waals surface area contributed by atoms with E-state index in [2.05, 4.69) is 5.10 Å². The lowest BCUT2D eigenvalue weighted by atomic mass is 9.98. The minimum atomic E-state index is -1.06. The van der Waals surface area contributed by atoms with E-state index < -0.39 is 5.97 Å². The molecule has 0 unspecified atom stereocenters. The van der Waals surface area contributed by atoms with E-state index in [1.54, 1.807) is 65.1 Å². The molecule has 2 aromatic carbocycles. The van der Waals surface area contributed by atoms with Crippen LogP contribution in [0.3, 0.4) is 0 Å². The number of carbonyl (C=O) groups excluding carboxylic acids is 1. The van der Waals surface area contributed by atoms with E-state index in [1.165, 1.54) is 22.8 Å². The lowest BCUT2D eigenvalue weighted by Crippen LogP contribution is -2.46. The Morgan fingerprint density at radius 3 is 2.36 bits per heavy atom. The Morgan fingerprint density at radius 2 is 1.74 bits per heavy atom. The number of carbonyl (C=O) groups is 2. The fourth-order valence-electron chi connectivity index (χ4n) is 4.72. The molecule has 2 aromatic heterocycles. The predicted octanol–water partition coefficient (Wildman–Crippen LogP) is 4.33. The maximum absolute atomic E-state index is 14.0. The summed E-state index contributed by atoms with van der Waals surface area (Å²) in [6.45, 7) is 2.00. The number of hydrogen-bond acceptors (Lipinski definition) is 6. The molecule has 0 radical (unpaired) electrons. The van der Waals surface area contributed by atoms with Crippen molar-refractivity contribution in [1.82, 2.24) is 24.2 Å². The van der Waals surface area contributed by atoms with Gasteiger partial charge in [-0.05, 0) is 55.8 Å². The van der Waals surface area contributed by atoms with Gasteiger partial charge in [0.25, 0.3) is 11.5 Å². The zero-order chi connectivity index (χ0) is 28.0. The van der Waals surface area contributed by atoms with Gasteiger partial charge in [0.1, 0.15) is 5.82 Å². The molecule has 1 N–H and O–H groups in total. The highest BCUT2D eigenvalue weighted by Crippen LogP contribution is 2.29. The van der Waals surface area contributed by atoms with Gasteiger partial charge in [-0.1, -0.05) is 23.2 Å².